The van der Waals surface area contributed by atoms with Gasteiger partial charge in [0.1, 0.15) is 0 Å². The Morgan fingerprint density at radius 3 is 2.70 bits per heavy atom. The smallest absolute Gasteiger partial charge is 0.0223 e. The molecule has 0 aromatic rings. The summed E-state index contributed by atoms with van der Waals surface area (Å²) in [5.41, 5.74) is 0.418. The van der Waals surface area contributed by atoms with Gasteiger partial charge in [0.2, 0.25) is 0 Å². The van der Waals surface area contributed by atoms with Crippen molar-refractivity contribution in [2.24, 2.45) is 5.41 Å². The van der Waals surface area contributed by atoms with Gasteiger partial charge in [-0.1, -0.05) is 34.1 Å². The van der Waals surface area contributed by atoms with E-state index in [-0.39, 0.29) is 0 Å². The lowest BCUT2D eigenvalue weighted by atomic mass is 9.85. The zero-order chi connectivity index (χ0) is 14.6. The molecular formula is C17H35N3. The van der Waals surface area contributed by atoms with Crippen LogP contribution in [0.4, 0.5) is 0 Å². The number of rotatable bonds is 6. The molecule has 0 bridgehead atoms. The summed E-state index contributed by atoms with van der Waals surface area (Å²) >= 11 is 0. The third-order valence-corrected chi connectivity index (χ3v) is 5.32. The second-order valence-electron chi connectivity index (χ2n) is 7.62. The summed E-state index contributed by atoms with van der Waals surface area (Å²) in [5.74, 6) is 0. The summed E-state index contributed by atoms with van der Waals surface area (Å²) in [6.45, 7) is 16.9. The first-order chi connectivity index (χ1) is 9.52. The van der Waals surface area contributed by atoms with E-state index in [1.54, 1.807) is 0 Å². The summed E-state index contributed by atoms with van der Waals surface area (Å²) < 4.78 is 0. The molecule has 0 aliphatic carbocycles. The van der Waals surface area contributed by atoms with Crippen molar-refractivity contribution in [1.82, 2.24) is 15.1 Å². The fourth-order valence-corrected chi connectivity index (χ4v) is 3.65. The molecule has 0 aromatic heterocycles. The van der Waals surface area contributed by atoms with E-state index in [0.717, 1.165) is 12.6 Å². The summed E-state index contributed by atoms with van der Waals surface area (Å²) in [7, 11) is 0. The molecule has 20 heavy (non-hydrogen) atoms. The highest BCUT2D eigenvalue weighted by Gasteiger charge is 2.32. The Morgan fingerprint density at radius 1 is 1.20 bits per heavy atom. The Hall–Kier alpha value is -0.120. The molecule has 2 aliphatic heterocycles. The average Bonchev–Trinajstić information content (AvgIpc) is 2.45. The minimum absolute atomic E-state index is 0.418. The number of piperazine rings is 1. The molecule has 2 saturated heterocycles. The number of nitrogens with one attached hydrogen (secondary N) is 1. The molecule has 0 aromatic carbocycles. The van der Waals surface area contributed by atoms with Gasteiger partial charge in [0.05, 0.1) is 0 Å². The van der Waals surface area contributed by atoms with Gasteiger partial charge in [-0.25, -0.2) is 0 Å². The largest absolute Gasteiger partial charge is 0.314 e. The van der Waals surface area contributed by atoms with Crippen LogP contribution in [0.2, 0.25) is 0 Å². The second kappa shape index (κ2) is 7.24. The highest BCUT2D eigenvalue weighted by atomic mass is 15.3. The number of hydrogen-bond donors (Lipinski definition) is 1. The highest BCUT2D eigenvalue weighted by Crippen LogP contribution is 2.26. The average molecular weight is 281 g/mol. The lowest BCUT2D eigenvalue weighted by molar-refractivity contribution is 0.0275. The van der Waals surface area contributed by atoms with Gasteiger partial charge in [-0.2, -0.15) is 0 Å². The minimum atomic E-state index is 0.418. The van der Waals surface area contributed by atoms with Crippen LogP contribution in [-0.2, 0) is 0 Å². The Balaban J connectivity index is 1.84. The lowest BCUT2D eigenvalue weighted by Gasteiger charge is -2.46. The van der Waals surface area contributed by atoms with Gasteiger partial charge in [0.25, 0.3) is 0 Å². The first-order valence-electron chi connectivity index (χ1n) is 8.72. The van der Waals surface area contributed by atoms with Gasteiger partial charge in [-0.3, -0.25) is 9.80 Å². The maximum atomic E-state index is 3.65. The molecule has 1 N–H and O–H groups in total. The summed E-state index contributed by atoms with van der Waals surface area (Å²) in [6.07, 6.45) is 5.54. The minimum Gasteiger partial charge on any atom is -0.314 e. The van der Waals surface area contributed by atoms with Crippen LogP contribution in [0.3, 0.4) is 0 Å². The van der Waals surface area contributed by atoms with E-state index in [0.29, 0.717) is 11.5 Å². The Bertz CT molecular complexity index is 292. The van der Waals surface area contributed by atoms with Crippen molar-refractivity contribution in [3.8, 4) is 0 Å². The van der Waals surface area contributed by atoms with E-state index in [9.17, 15) is 0 Å². The molecule has 0 amide bonds. The van der Waals surface area contributed by atoms with Crippen LogP contribution < -0.4 is 5.32 Å². The second-order valence-corrected chi connectivity index (χ2v) is 7.62. The topological polar surface area (TPSA) is 18.5 Å². The van der Waals surface area contributed by atoms with Crippen LogP contribution in [0.15, 0.2) is 0 Å². The van der Waals surface area contributed by atoms with Crippen molar-refractivity contribution in [2.45, 2.75) is 65.5 Å². The number of nitrogens with zero attached hydrogens (tertiary/aromatic N) is 2. The quantitative estimate of drug-likeness (QED) is 0.807. The summed E-state index contributed by atoms with van der Waals surface area (Å²) in [5, 5.41) is 3.65. The van der Waals surface area contributed by atoms with E-state index in [2.05, 4.69) is 42.8 Å². The molecule has 0 radical (unpaired) electrons. The fraction of sp³-hybridized carbons (Fsp3) is 1.00. The third-order valence-electron chi connectivity index (χ3n) is 5.32. The van der Waals surface area contributed by atoms with Gasteiger partial charge < -0.3 is 5.32 Å². The molecule has 0 saturated carbocycles. The molecule has 2 aliphatic rings. The van der Waals surface area contributed by atoms with Gasteiger partial charge in [-0.15, -0.1) is 0 Å². The van der Waals surface area contributed by atoms with Gasteiger partial charge >= 0.3 is 0 Å². The molecule has 2 heterocycles. The van der Waals surface area contributed by atoms with Crippen LogP contribution in [0.25, 0.3) is 0 Å². The molecule has 3 heteroatoms. The van der Waals surface area contributed by atoms with Crippen LogP contribution >= 0.6 is 0 Å². The number of hydrogen-bond acceptors (Lipinski definition) is 3. The fourth-order valence-electron chi connectivity index (χ4n) is 3.65. The van der Waals surface area contributed by atoms with Crippen molar-refractivity contribution in [1.29, 1.82) is 0 Å². The van der Waals surface area contributed by atoms with Crippen molar-refractivity contribution < 1.29 is 0 Å². The standard InChI is InChI=1S/C17H35N3/c1-5-17(4,13-18-15(2)3)14-19-10-11-20-9-7-6-8-16(20)12-19/h15-16,18H,5-14H2,1-4H3. The zero-order valence-electron chi connectivity index (χ0n) is 14.1. The van der Waals surface area contributed by atoms with Crippen LogP contribution in [0, 0.1) is 5.41 Å². The maximum Gasteiger partial charge on any atom is 0.0223 e. The molecule has 2 fully saturated rings. The van der Waals surface area contributed by atoms with E-state index in [1.165, 1.54) is 58.4 Å². The van der Waals surface area contributed by atoms with Crippen molar-refractivity contribution in [3.63, 3.8) is 0 Å². The normalized spacial score (nSPS) is 28.4. The van der Waals surface area contributed by atoms with E-state index in [1.807, 2.05) is 0 Å². The molecule has 0 spiro atoms. The molecule has 2 atom stereocenters. The number of fused-ring (bicyclic) bond motifs is 1. The van der Waals surface area contributed by atoms with Gasteiger partial charge in [0.15, 0.2) is 0 Å². The predicted molar refractivity (Wildman–Crippen MR) is 87.2 cm³/mol. The zero-order valence-corrected chi connectivity index (χ0v) is 14.1. The van der Waals surface area contributed by atoms with Crippen molar-refractivity contribution >= 4 is 0 Å². The molecule has 3 nitrogen and oxygen atoms in total. The highest BCUT2D eigenvalue weighted by molar-refractivity contribution is 4.88. The molecular weight excluding hydrogens is 246 g/mol. The van der Waals surface area contributed by atoms with Crippen LogP contribution in [0.1, 0.15) is 53.4 Å². The molecule has 118 valence electrons. The third kappa shape index (κ3) is 4.44. The van der Waals surface area contributed by atoms with Crippen molar-refractivity contribution in [3.05, 3.63) is 0 Å². The SMILES string of the molecule is CCC(C)(CNC(C)C)CN1CCN2CCCCC2C1. The van der Waals surface area contributed by atoms with Gasteiger partial charge in [-0.05, 0) is 31.2 Å². The monoisotopic (exact) mass is 281 g/mol. The Labute approximate surface area is 126 Å². The van der Waals surface area contributed by atoms with Crippen molar-refractivity contribution in [2.75, 3.05) is 39.3 Å². The van der Waals surface area contributed by atoms with Crippen LogP contribution in [0.5, 0.6) is 0 Å². The predicted octanol–water partition coefficient (Wildman–Crippen LogP) is 2.57. The van der Waals surface area contributed by atoms with E-state index >= 15 is 0 Å². The molecule has 2 unspecified atom stereocenters. The Morgan fingerprint density at radius 2 is 2.00 bits per heavy atom. The Kier molecular flexibility index (Phi) is 5.88. The van der Waals surface area contributed by atoms with E-state index in [4.69, 9.17) is 0 Å². The maximum absolute atomic E-state index is 3.65. The molecule has 2 rings (SSSR count). The lowest BCUT2D eigenvalue weighted by Crippen LogP contribution is -2.57. The summed E-state index contributed by atoms with van der Waals surface area (Å²) in [4.78, 5) is 5.47. The van der Waals surface area contributed by atoms with Gasteiger partial charge in [0, 0.05) is 44.8 Å². The number of piperidine rings is 1. The summed E-state index contributed by atoms with van der Waals surface area (Å²) in [6, 6.07) is 1.44. The first-order valence-corrected chi connectivity index (χ1v) is 8.72. The van der Waals surface area contributed by atoms with Crippen LogP contribution in [-0.4, -0.2) is 61.2 Å². The van der Waals surface area contributed by atoms with E-state index < -0.39 is 0 Å². The first kappa shape index (κ1) is 16.3.